The summed E-state index contributed by atoms with van der Waals surface area (Å²) in [5.41, 5.74) is 1.02. The highest BCUT2D eigenvalue weighted by molar-refractivity contribution is 6.27. The molecule has 0 unspecified atom stereocenters. The molecule has 2 amide bonds. The highest BCUT2D eigenvalue weighted by atomic mass is 35.5. The molecule has 0 spiro atoms. The molecule has 0 atom stereocenters. The van der Waals surface area contributed by atoms with Crippen molar-refractivity contribution in [3.05, 3.63) is 23.8 Å². The number of hydrogen-bond donors (Lipinski definition) is 1. The summed E-state index contributed by atoms with van der Waals surface area (Å²) in [6.45, 7) is 1.29. The number of carbonyl (C=O) groups is 2. The second-order valence-electron chi connectivity index (χ2n) is 6.05. The van der Waals surface area contributed by atoms with Crippen LogP contribution in [0.4, 0.5) is 0 Å². The maximum atomic E-state index is 12.2. The molecule has 0 radical (unpaired) electrons. The third-order valence-corrected chi connectivity index (χ3v) is 4.64. The number of methoxy groups -OCH3 is 2. The molecule has 0 bridgehead atoms. The maximum Gasteiger partial charge on any atom is 0.237 e. The average molecular weight is 369 g/mol. The molecule has 0 aliphatic carbocycles. The highest BCUT2D eigenvalue weighted by Gasteiger charge is 2.23. The molecule has 1 aliphatic heterocycles. The Morgan fingerprint density at radius 2 is 1.88 bits per heavy atom. The molecule has 1 fully saturated rings. The fraction of sp³-hybridized carbons (Fsp3) is 0.556. The molecule has 1 N–H and O–H groups in total. The standard InChI is InChI=1S/C18H25ClN2O4/c1-24-15-5-3-13(11-16(15)25-2)4-6-17(22)20-14-7-9-21(10-8-14)18(23)12-19/h3,5,11,14H,4,6-10,12H2,1-2H3,(H,20,22). The molecular formula is C18H25ClN2O4. The number of piperidine rings is 1. The van der Waals surface area contributed by atoms with Crippen molar-refractivity contribution >= 4 is 23.4 Å². The highest BCUT2D eigenvalue weighted by Crippen LogP contribution is 2.27. The van der Waals surface area contributed by atoms with E-state index in [1.165, 1.54) is 0 Å². The lowest BCUT2D eigenvalue weighted by Crippen LogP contribution is -2.46. The van der Waals surface area contributed by atoms with Gasteiger partial charge >= 0.3 is 0 Å². The quantitative estimate of drug-likeness (QED) is 0.747. The minimum atomic E-state index is -0.0418. The van der Waals surface area contributed by atoms with Gasteiger partial charge < -0.3 is 19.7 Å². The first-order chi connectivity index (χ1) is 12.1. The zero-order valence-corrected chi connectivity index (χ0v) is 15.5. The van der Waals surface area contributed by atoms with Gasteiger partial charge in [0.15, 0.2) is 11.5 Å². The van der Waals surface area contributed by atoms with E-state index in [4.69, 9.17) is 21.1 Å². The second-order valence-corrected chi connectivity index (χ2v) is 6.31. The third-order valence-electron chi connectivity index (χ3n) is 4.42. The number of rotatable bonds is 7. The van der Waals surface area contributed by atoms with Crippen molar-refractivity contribution in [3.63, 3.8) is 0 Å². The van der Waals surface area contributed by atoms with Crippen molar-refractivity contribution < 1.29 is 19.1 Å². The Kier molecular flexibility index (Phi) is 7.37. The first-order valence-corrected chi connectivity index (χ1v) is 8.94. The largest absolute Gasteiger partial charge is 0.493 e. The van der Waals surface area contributed by atoms with Gasteiger partial charge in [0.05, 0.1) is 14.2 Å². The molecule has 25 heavy (non-hydrogen) atoms. The zero-order valence-electron chi connectivity index (χ0n) is 14.7. The van der Waals surface area contributed by atoms with Crippen LogP contribution in [0, 0.1) is 0 Å². The van der Waals surface area contributed by atoms with E-state index in [0.717, 1.165) is 18.4 Å². The van der Waals surface area contributed by atoms with Gasteiger partial charge in [0.25, 0.3) is 0 Å². The Hall–Kier alpha value is -1.95. The first-order valence-electron chi connectivity index (χ1n) is 8.41. The average Bonchev–Trinajstić information content (AvgIpc) is 2.66. The van der Waals surface area contributed by atoms with E-state index < -0.39 is 0 Å². The van der Waals surface area contributed by atoms with Crippen molar-refractivity contribution in [2.75, 3.05) is 33.2 Å². The fourth-order valence-electron chi connectivity index (χ4n) is 2.95. The third kappa shape index (κ3) is 5.53. The summed E-state index contributed by atoms with van der Waals surface area (Å²) in [6.07, 6.45) is 2.58. The SMILES string of the molecule is COc1ccc(CCC(=O)NC2CCN(C(=O)CCl)CC2)cc1OC. The van der Waals surface area contributed by atoms with Crippen molar-refractivity contribution in [2.24, 2.45) is 0 Å². The number of amides is 2. The molecule has 0 aromatic heterocycles. The Labute approximate surface area is 153 Å². The minimum absolute atomic E-state index is 0.0162. The van der Waals surface area contributed by atoms with Gasteiger partial charge in [-0.15, -0.1) is 11.6 Å². The Bertz CT molecular complexity index is 601. The van der Waals surface area contributed by atoms with E-state index in [1.54, 1.807) is 19.1 Å². The van der Waals surface area contributed by atoms with Crippen molar-refractivity contribution in [3.8, 4) is 11.5 Å². The Balaban J connectivity index is 1.77. The number of carbonyl (C=O) groups excluding carboxylic acids is 2. The molecule has 1 aromatic carbocycles. The van der Waals surface area contributed by atoms with Crippen LogP contribution < -0.4 is 14.8 Å². The van der Waals surface area contributed by atoms with Gasteiger partial charge in [0, 0.05) is 25.6 Å². The van der Waals surface area contributed by atoms with Crippen LogP contribution in [0.15, 0.2) is 18.2 Å². The molecule has 1 saturated heterocycles. The summed E-state index contributed by atoms with van der Waals surface area (Å²) in [4.78, 5) is 25.5. The fourth-order valence-corrected chi connectivity index (χ4v) is 3.12. The Morgan fingerprint density at radius 3 is 2.48 bits per heavy atom. The molecule has 0 saturated carbocycles. The zero-order chi connectivity index (χ0) is 18.2. The number of hydrogen-bond acceptors (Lipinski definition) is 4. The number of aryl methyl sites for hydroxylation is 1. The number of halogens is 1. The number of likely N-dealkylation sites (tertiary alicyclic amines) is 1. The molecule has 138 valence electrons. The lowest BCUT2D eigenvalue weighted by molar-refractivity contribution is -0.129. The summed E-state index contributed by atoms with van der Waals surface area (Å²) in [7, 11) is 3.19. The second kappa shape index (κ2) is 9.51. The molecular weight excluding hydrogens is 344 g/mol. The van der Waals surface area contributed by atoms with E-state index in [9.17, 15) is 9.59 Å². The van der Waals surface area contributed by atoms with Crippen LogP contribution in [0.5, 0.6) is 11.5 Å². The van der Waals surface area contributed by atoms with Crippen LogP contribution in [0.25, 0.3) is 0 Å². The lowest BCUT2D eigenvalue weighted by atomic mass is 10.0. The number of ether oxygens (including phenoxy) is 2. The van der Waals surface area contributed by atoms with Crippen molar-refractivity contribution in [1.82, 2.24) is 10.2 Å². The van der Waals surface area contributed by atoms with Crippen LogP contribution in [0.1, 0.15) is 24.8 Å². The molecule has 1 aromatic rings. The van der Waals surface area contributed by atoms with Crippen molar-refractivity contribution in [2.45, 2.75) is 31.7 Å². The van der Waals surface area contributed by atoms with Gasteiger partial charge in [0.2, 0.25) is 11.8 Å². The number of benzene rings is 1. The van der Waals surface area contributed by atoms with Crippen LogP contribution in [0.3, 0.4) is 0 Å². The van der Waals surface area contributed by atoms with Gasteiger partial charge in [-0.2, -0.15) is 0 Å². The topological polar surface area (TPSA) is 67.9 Å². The minimum Gasteiger partial charge on any atom is -0.493 e. The van der Waals surface area contributed by atoms with Gasteiger partial charge in [-0.1, -0.05) is 6.07 Å². The van der Waals surface area contributed by atoms with Gasteiger partial charge in [-0.05, 0) is 37.0 Å². The Morgan fingerprint density at radius 1 is 1.20 bits per heavy atom. The van der Waals surface area contributed by atoms with E-state index >= 15 is 0 Å². The summed E-state index contributed by atoms with van der Waals surface area (Å²) >= 11 is 5.57. The summed E-state index contributed by atoms with van der Waals surface area (Å²) in [5.74, 6) is 1.34. The predicted octanol–water partition coefficient (Wildman–Crippen LogP) is 1.98. The number of nitrogens with one attached hydrogen (secondary N) is 1. The van der Waals surface area contributed by atoms with E-state index in [1.807, 2.05) is 18.2 Å². The van der Waals surface area contributed by atoms with E-state index in [-0.39, 0.29) is 23.7 Å². The van der Waals surface area contributed by atoms with Crippen LogP contribution in [0.2, 0.25) is 0 Å². The summed E-state index contributed by atoms with van der Waals surface area (Å²) in [6, 6.07) is 5.79. The summed E-state index contributed by atoms with van der Waals surface area (Å²) < 4.78 is 10.5. The lowest BCUT2D eigenvalue weighted by Gasteiger charge is -2.32. The first kappa shape index (κ1) is 19.4. The molecule has 2 rings (SSSR count). The number of nitrogens with zero attached hydrogens (tertiary/aromatic N) is 1. The normalized spacial score (nSPS) is 14.9. The van der Waals surface area contributed by atoms with E-state index in [2.05, 4.69) is 5.32 Å². The molecule has 6 nitrogen and oxygen atoms in total. The molecule has 1 heterocycles. The predicted molar refractivity (Wildman–Crippen MR) is 96.3 cm³/mol. The monoisotopic (exact) mass is 368 g/mol. The number of alkyl halides is 1. The van der Waals surface area contributed by atoms with Gasteiger partial charge in [-0.3, -0.25) is 9.59 Å². The summed E-state index contributed by atoms with van der Waals surface area (Å²) in [5, 5.41) is 3.05. The van der Waals surface area contributed by atoms with Crippen molar-refractivity contribution in [1.29, 1.82) is 0 Å². The van der Waals surface area contributed by atoms with Gasteiger partial charge in [0.1, 0.15) is 5.88 Å². The molecule has 1 aliphatic rings. The maximum absolute atomic E-state index is 12.2. The smallest absolute Gasteiger partial charge is 0.237 e. The van der Waals surface area contributed by atoms with Crippen LogP contribution in [-0.4, -0.2) is 55.9 Å². The van der Waals surface area contributed by atoms with Gasteiger partial charge in [-0.25, -0.2) is 0 Å². The van der Waals surface area contributed by atoms with Crippen LogP contribution >= 0.6 is 11.6 Å². The molecule has 7 heteroatoms. The van der Waals surface area contributed by atoms with Crippen LogP contribution in [-0.2, 0) is 16.0 Å². The van der Waals surface area contributed by atoms with E-state index in [0.29, 0.717) is 37.4 Å².